The smallest absolute Gasteiger partial charge is 0.287 e. The Morgan fingerprint density at radius 1 is 1.13 bits per heavy atom. The fourth-order valence-electron chi connectivity index (χ4n) is 3.42. The lowest BCUT2D eigenvalue weighted by molar-refractivity contribution is 0.0848. The van der Waals surface area contributed by atoms with Gasteiger partial charge in [-0.15, -0.1) is 0 Å². The molecule has 0 bridgehead atoms. The number of aliphatic hydroxyl groups is 1. The van der Waals surface area contributed by atoms with Crippen LogP contribution in [0.15, 0.2) is 48.5 Å². The average molecular weight is 463 g/mol. The molecular formula is C21H20ClFN4O3S. The van der Waals surface area contributed by atoms with E-state index in [1.807, 2.05) is 0 Å². The molecule has 0 saturated heterocycles. The highest BCUT2D eigenvalue weighted by molar-refractivity contribution is 7.84. The number of imidazole rings is 1. The number of anilines is 1. The standard InChI is InChI=1S/C21H20ClFN4O3S/c1-25-20-18(21(29)27(31(25)30)11-2-12-28)26(13-14-3-9-17(23)10-4-14)19(24-20)15-5-7-16(22)8-6-15/h3-10,28H,2,11-13H2,1H3. The number of aromatic nitrogens is 2. The molecule has 1 atom stereocenters. The van der Waals surface area contributed by atoms with E-state index in [-0.39, 0.29) is 31.2 Å². The molecule has 2 aromatic carbocycles. The Balaban J connectivity index is 1.87. The van der Waals surface area contributed by atoms with Crippen LogP contribution in [0.2, 0.25) is 5.02 Å². The molecule has 3 aromatic rings. The number of halogens is 2. The van der Waals surface area contributed by atoms with E-state index in [2.05, 4.69) is 4.98 Å². The number of hydrogen-bond acceptors (Lipinski definition) is 4. The van der Waals surface area contributed by atoms with Crippen LogP contribution in [0.4, 0.5) is 10.2 Å². The minimum absolute atomic E-state index is 0.123. The number of amides is 1. The van der Waals surface area contributed by atoms with Gasteiger partial charge in [0.2, 0.25) is 11.2 Å². The lowest BCUT2D eigenvalue weighted by Gasteiger charge is -2.31. The third-order valence-electron chi connectivity index (χ3n) is 4.98. The highest BCUT2D eigenvalue weighted by Crippen LogP contribution is 2.34. The number of carbonyl (C=O) groups is 1. The normalized spacial score (nSPS) is 16.0. The third-order valence-corrected chi connectivity index (χ3v) is 6.59. The van der Waals surface area contributed by atoms with Crippen molar-refractivity contribution in [2.24, 2.45) is 0 Å². The summed E-state index contributed by atoms with van der Waals surface area (Å²) in [6.45, 7) is 0.285. The summed E-state index contributed by atoms with van der Waals surface area (Å²) in [5, 5.41) is 9.73. The lowest BCUT2D eigenvalue weighted by atomic mass is 10.2. The number of benzene rings is 2. The molecule has 0 aliphatic carbocycles. The molecule has 1 N–H and O–H groups in total. The van der Waals surface area contributed by atoms with E-state index in [1.165, 1.54) is 20.7 Å². The molecule has 0 fully saturated rings. The van der Waals surface area contributed by atoms with Crippen molar-refractivity contribution in [1.29, 1.82) is 0 Å². The zero-order chi connectivity index (χ0) is 22.1. The number of fused-ring (bicyclic) bond motifs is 1. The van der Waals surface area contributed by atoms with Gasteiger partial charge < -0.3 is 9.67 Å². The maximum atomic E-state index is 13.4. The minimum Gasteiger partial charge on any atom is -0.396 e. The molecule has 31 heavy (non-hydrogen) atoms. The number of aliphatic hydroxyl groups excluding tert-OH is 1. The van der Waals surface area contributed by atoms with Crippen molar-refractivity contribution in [2.75, 3.05) is 24.5 Å². The molecule has 0 radical (unpaired) electrons. The second-order valence-corrected chi connectivity index (χ2v) is 8.93. The zero-order valence-corrected chi connectivity index (χ0v) is 18.2. The van der Waals surface area contributed by atoms with E-state index >= 15 is 0 Å². The van der Waals surface area contributed by atoms with Gasteiger partial charge in [-0.05, 0) is 48.4 Å². The van der Waals surface area contributed by atoms with Gasteiger partial charge in [0.05, 0.1) is 0 Å². The Bertz CT molecular complexity index is 1130. The number of hydrogen-bond donors (Lipinski definition) is 1. The van der Waals surface area contributed by atoms with Gasteiger partial charge in [-0.1, -0.05) is 23.7 Å². The van der Waals surface area contributed by atoms with Gasteiger partial charge in [0.25, 0.3) is 5.91 Å². The first kappa shape index (κ1) is 21.5. The van der Waals surface area contributed by atoms with Gasteiger partial charge in [-0.3, -0.25) is 9.10 Å². The molecule has 7 nitrogen and oxygen atoms in total. The Kier molecular flexibility index (Phi) is 6.08. The lowest BCUT2D eigenvalue weighted by Crippen LogP contribution is -2.47. The summed E-state index contributed by atoms with van der Waals surface area (Å²) in [7, 11) is 1.61. The van der Waals surface area contributed by atoms with Gasteiger partial charge in [0.15, 0.2) is 11.5 Å². The monoisotopic (exact) mass is 462 g/mol. The maximum absolute atomic E-state index is 13.4. The van der Waals surface area contributed by atoms with Crippen molar-refractivity contribution in [2.45, 2.75) is 13.0 Å². The molecule has 10 heteroatoms. The van der Waals surface area contributed by atoms with Crippen molar-refractivity contribution in [1.82, 2.24) is 13.9 Å². The molecule has 1 unspecified atom stereocenters. The molecule has 1 aliphatic rings. The molecule has 0 spiro atoms. The second-order valence-electron chi connectivity index (χ2n) is 7.04. The first-order chi connectivity index (χ1) is 14.9. The van der Waals surface area contributed by atoms with Crippen molar-refractivity contribution >= 4 is 34.5 Å². The quantitative estimate of drug-likeness (QED) is 0.610. The summed E-state index contributed by atoms with van der Waals surface area (Å²) in [5.41, 5.74) is 1.80. The van der Waals surface area contributed by atoms with E-state index in [4.69, 9.17) is 16.7 Å². The molecule has 1 amide bonds. The molecule has 2 heterocycles. The highest BCUT2D eigenvalue weighted by atomic mass is 35.5. The number of nitrogens with zero attached hydrogens (tertiary/aromatic N) is 4. The van der Waals surface area contributed by atoms with Crippen molar-refractivity contribution in [3.63, 3.8) is 0 Å². The summed E-state index contributed by atoms with van der Waals surface area (Å²) >= 11 is 4.26. The summed E-state index contributed by atoms with van der Waals surface area (Å²) in [4.78, 5) is 18.0. The van der Waals surface area contributed by atoms with Crippen LogP contribution in [0.1, 0.15) is 22.5 Å². The fourth-order valence-corrected chi connectivity index (χ4v) is 4.63. The summed E-state index contributed by atoms with van der Waals surface area (Å²) < 4.78 is 30.6. The van der Waals surface area contributed by atoms with Crippen LogP contribution in [0, 0.1) is 5.82 Å². The first-order valence-electron chi connectivity index (χ1n) is 9.60. The topological polar surface area (TPSA) is 78.7 Å². The molecule has 162 valence electrons. The SMILES string of the molecule is CN1c2nc(-c3ccc(Cl)cc3)n(Cc3ccc(F)cc3)c2C(=O)N(CCCO)S1=O. The van der Waals surface area contributed by atoms with Crippen molar-refractivity contribution in [3.05, 3.63) is 70.6 Å². The summed E-state index contributed by atoms with van der Waals surface area (Å²) in [5.74, 6) is 0.0215. The van der Waals surface area contributed by atoms with Crippen molar-refractivity contribution in [3.8, 4) is 11.4 Å². The minimum atomic E-state index is -1.76. The zero-order valence-electron chi connectivity index (χ0n) is 16.7. The average Bonchev–Trinajstić information content (AvgIpc) is 3.14. The molecule has 4 rings (SSSR count). The van der Waals surface area contributed by atoms with Crippen molar-refractivity contribution < 1.29 is 18.5 Å². The van der Waals surface area contributed by atoms with Crippen LogP contribution < -0.4 is 4.31 Å². The second kappa shape index (κ2) is 8.78. The van der Waals surface area contributed by atoms with Crippen LogP contribution >= 0.6 is 11.6 Å². The Morgan fingerprint density at radius 2 is 1.81 bits per heavy atom. The van der Waals surface area contributed by atoms with Crippen LogP contribution in [0.3, 0.4) is 0 Å². The van der Waals surface area contributed by atoms with Gasteiger partial charge in [-0.25, -0.2) is 17.9 Å². The van der Waals surface area contributed by atoms with Gasteiger partial charge >= 0.3 is 0 Å². The molecular weight excluding hydrogens is 443 g/mol. The van der Waals surface area contributed by atoms with E-state index < -0.39 is 17.1 Å². The molecule has 0 saturated carbocycles. The number of rotatable bonds is 6. The van der Waals surface area contributed by atoms with Gasteiger partial charge in [-0.2, -0.15) is 0 Å². The van der Waals surface area contributed by atoms with E-state index in [9.17, 15) is 13.4 Å². The molecule has 1 aliphatic heterocycles. The van der Waals surface area contributed by atoms with Crippen LogP contribution in [-0.2, 0) is 17.7 Å². The molecule has 1 aromatic heterocycles. The first-order valence-corrected chi connectivity index (χ1v) is 11.0. The predicted octanol–water partition coefficient (Wildman–Crippen LogP) is 3.24. The Labute approximate surface area is 186 Å². The predicted molar refractivity (Wildman–Crippen MR) is 117 cm³/mol. The Hall–Kier alpha value is -2.75. The number of carbonyl (C=O) groups excluding carboxylic acids is 1. The maximum Gasteiger partial charge on any atom is 0.287 e. The van der Waals surface area contributed by atoms with Gasteiger partial charge in [0, 0.05) is 37.3 Å². The van der Waals surface area contributed by atoms with Gasteiger partial charge in [0.1, 0.15) is 11.6 Å². The fraction of sp³-hybridized carbons (Fsp3) is 0.238. The van der Waals surface area contributed by atoms with Crippen LogP contribution in [-0.4, -0.2) is 49.3 Å². The summed E-state index contributed by atoms with van der Waals surface area (Å²) in [6, 6.07) is 13.0. The summed E-state index contributed by atoms with van der Waals surface area (Å²) in [6.07, 6.45) is 0.302. The van der Waals surface area contributed by atoms with Crippen LogP contribution in [0.25, 0.3) is 11.4 Å². The third kappa shape index (κ3) is 4.08. The van der Waals surface area contributed by atoms with E-state index in [0.29, 0.717) is 23.1 Å². The highest BCUT2D eigenvalue weighted by Gasteiger charge is 2.39. The van der Waals surface area contributed by atoms with E-state index in [0.717, 1.165) is 11.1 Å². The Morgan fingerprint density at radius 3 is 2.45 bits per heavy atom. The largest absolute Gasteiger partial charge is 0.396 e. The van der Waals surface area contributed by atoms with E-state index in [1.54, 1.807) is 48.0 Å². The van der Waals surface area contributed by atoms with Crippen LogP contribution in [0.5, 0.6) is 0 Å².